The van der Waals surface area contributed by atoms with Crippen LogP contribution in [0.1, 0.15) is 0 Å². The van der Waals surface area contributed by atoms with Crippen LogP contribution < -0.4 is 18.9 Å². The van der Waals surface area contributed by atoms with Crippen molar-refractivity contribution in [2.75, 3.05) is 14.1 Å². The normalized spacial score (nSPS) is 7.20. The third kappa shape index (κ3) is 107. The van der Waals surface area contributed by atoms with Gasteiger partial charge in [-0.1, -0.05) is 0 Å². The van der Waals surface area contributed by atoms with E-state index in [1.54, 1.807) is 14.1 Å². The molecule has 1 N–H and O–H groups in total. The monoisotopic (exact) mass is 66.1 g/mol. The Bertz CT molecular complexity index is 12.4. The van der Waals surface area contributed by atoms with E-state index in [0.717, 1.165) is 0 Å². The molecule has 0 aromatic rings. The van der Waals surface area contributed by atoms with Gasteiger partial charge in [0.05, 0.1) is 0 Å². The maximum absolute atomic E-state index is 6.42. The second-order valence-electron chi connectivity index (χ2n) is 0.894. The number of hydrogen-bond donors (Lipinski definition) is 0. The minimum atomic E-state index is 0. The average Bonchev–Trinajstić information content (AvgIpc) is 0.811. The van der Waals surface area contributed by atoms with Crippen LogP contribution in [0.15, 0.2) is 0 Å². The average molecular weight is 66.0 g/mol. The second kappa shape index (κ2) is 4.52. The van der Waals surface area contributed by atoms with E-state index in [9.17, 15) is 0 Å². The van der Waals surface area contributed by atoms with E-state index in [1.165, 1.54) is 5.01 Å². The number of hydrogen-bond acceptors (Lipinski definition) is 1. The first-order valence-electron chi connectivity index (χ1n) is 1.12. The van der Waals surface area contributed by atoms with Crippen molar-refractivity contribution in [1.29, 1.82) is 0 Å². The van der Waals surface area contributed by atoms with Crippen LogP contribution in [0.25, 0.3) is 5.84 Å². The van der Waals surface area contributed by atoms with Gasteiger partial charge in [0.25, 0.3) is 0 Å². The van der Waals surface area contributed by atoms with Crippen molar-refractivity contribution in [3.8, 4) is 0 Å². The van der Waals surface area contributed by atoms with Gasteiger partial charge in [-0.2, -0.15) is 0 Å². The standard InChI is InChI=1S/C2H7N2.Li/c1-4(2)3;/h3H,1-2H3;/q-1;+1. The van der Waals surface area contributed by atoms with Crippen molar-refractivity contribution < 1.29 is 18.9 Å². The van der Waals surface area contributed by atoms with Crippen LogP contribution in [0.5, 0.6) is 0 Å². The maximum Gasteiger partial charge on any atom is 1.00 e. The third-order valence-corrected chi connectivity index (χ3v) is 0. The van der Waals surface area contributed by atoms with Crippen LogP contribution in [0.4, 0.5) is 0 Å². The Balaban J connectivity index is 0. The van der Waals surface area contributed by atoms with Crippen LogP contribution in [0.2, 0.25) is 0 Å². The second-order valence-corrected chi connectivity index (χ2v) is 0.894. The number of nitrogens with zero attached hydrogens (tertiary/aromatic N) is 1. The van der Waals surface area contributed by atoms with E-state index in [1.807, 2.05) is 0 Å². The number of rotatable bonds is 0. The molecule has 0 saturated heterocycles. The molecule has 0 aliphatic heterocycles. The van der Waals surface area contributed by atoms with Gasteiger partial charge in [0.15, 0.2) is 0 Å². The summed E-state index contributed by atoms with van der Waals surface area (Å²) in [5, 5.41) is 1.25. The summed E-state index contributed by atoms with van der Waals surface area (Å²) in [6.07, 6.45) is 0. The van der Waals surface area contributed by atoms with Gasteiger partial charge in [0, 0.05) is 0 Å². The SMILES string of the molecule is CN(C)[NH-].[Li+]. The summed E-state index contributed by atoms with van der Waals surface area (Å²) in [4.78, 5) is 0. The molecule has 5 heavy (non-hydrogen) atoms. The summed E-state index contributed by atoms with van der Waals surface area (Å²) < 4.78 is 0. The fourth-order valence-corrected chi connectivity index (χ4v) is 0. The van der Waals surface area contributed by atoms with Gasteiger partial charge in [0.1, 0.15) is 0 Å². The predicted octanol–water partition coefficient (Wildman–Crippen LogP) is -2.48. The van der Waals surface area contributed by atoms with Crippen molar-refractivity contribution in [3.05, 3.63) is 5.84 Å². The van der Waals surface area contributed by atoms with Crippen molar-refractivity contribution >= 4 is 0 Å². The van der Waals surface area contributed by atoms with Gasteiger partial charge in [0.2, 0.25) is 0 Å². The van der Waals surface area contributed by atoms with E-state index in [-0.39, 0.29) is 18.9 Å². The first kappa shape index (κ1) is 9.10. The van der Waals surface area contributed by atoms with Crippen LogP contribution in [0.3, 0.4) is 0 Å². The fourth-order valence-electron chi connectivity index (χ4n) is 0. The molecule has 0 heterocycles. The summed E-state index contributed by atoms with van der Waals surface area (Å²) >= 11 is 0. The Hall–Kier alpha value is 0.517. The van der Waals surface area contributed by atoms with Gasteiger partial charge < -0.3 is 10.9 Å². The van der Waals surface area contributed by atoms with Crippen LogP contribution >= 0.6 is 0 Å². The van der Waals surface area contributed by atoms with Crippen molar-refractivity contribution in [2.24, 2.45) is 0 Å². The van der Waals surface area contributed by atoms with E-state index >= 15 is 0 Å². The zero-order valence-corrected chi connectivity index (χ0v) is 3.95. The van der Waals surface area contributed by atoms with Gasteiger partial charge in [-0.15, -0.1) is 0 Å². The summed E-state index contributed by atoms with van der Waals surface area (Å²) in [7, 11) is 3.33. The molecule has 0 saturated carbocycles. The molecule has 0 rings (SSSR count). The smallest absolute Gasteiger partial charge is 0.610 e. The first-order chi connectivity index (χ1) is 1.73. The Kier molecular flexibility index (Phi) is 8.22. The van der Waals surface area contributed by atoms with Crippen LogP contribution in [0, 0.1) is 0 Å². The van der Waals surface area contributed by atoms with E-state index < -0.39 is 0 Å². The Morgan fingerprint density at radius 2 is 1.40 bits per heavy atom. The first-order valence-corrected chi connectivity index (χ1v) is 1.12. The Labute approximate surface area is 44.5 Å². The zero-order chi connectivity index (χ0) is 3.58. The molecule has 0 aliphatic carbocycles. The van der Waals surface area contributed by atoms with E-state index in [2.05, 4.69) is 0 Å². The summed E-state index contributed by atoms with van der Waals surface area (Å²) in [6, 6.07) is 0. The summed E-state index contributed by atoms with van der Waals surface area (Å²) in [5.41, 5.74) is 0. The van der Waals surface area contributed by atoms with Gasteiger partial charge >= 0.3 is 18.9 Å². The molecule has 0 spiro atoms. The van der Waals surface area contributed by atoms with E-state index in [4.69, 9.17) is 5.84 Å². The van der Waals surface area contributed by atoms with Crippen molar-refractivity contribution in [1.82, 2.24) is 5.01 Å². The molecule has 26 valence electrons. The largest absolute Gasteiger partial charge is 1.00 e. The minimum absolute atomic E-state index is 0. The quantitative estimate of drug-likeness (QED) is 0.227. The minimum Gasteiger partial charge on any atom is -0.610 e. The Morgan fingerprint density at radius 3 is 1.40 bits per heavy atom. The molecule has 0 unspecified atom stereocenters. The van der Waals surface area contributed by atoms with Gasteiger partial charge in [-0.3, -0.25) is 0 Å². The van der Waals surface area contributed by atoms with Gasteiger partial charge in [-0.25, -0.2) is 0 Å². The predicted molar refractivity (Wildman–Crippen MR) is 18.0 cm³/mol. The number of nitrogens with one attached hydrogen (secondary N) is 1. The topological polar surface area (TPSA) is 27.0 Å². The Morgan fingerprint density at radius 1 is 1.40 bits per heavy atom. The molecule has 0 aromatic carbocycles. The molecule has 0 atom stereocenters. The van der Waals surface area contributed by atoms with Crippen molar-refractivity contribution in [3.63, 3.8) is 0 Å². The summed E-state index contributed by atoms with van der Waals surface area (Å²) in [6.45, 7) is 0. The maximum atomic E-state index is 6.42. The molecule has 0 fully saturated rings. The van der Waals surface area contributed by atoms with Crippen molar-refractivity contribution in [2.45, 2.75) is 0 Å². The zero-order valence-electron chi connectivity index (χ0n) is 3.95. The molecule has 0 bridgehead atoms. The fraction of sp³-hybridized carbons (Fsp3) is 1.00. The molecule has 0 aliphatic rings. The van der Waals surface area contributed by atoms with E-state index in [0.29, 0.717) is 0 Å². The molecule has 0 amide bonds. The summed E-state index contributed by atoms with van der Waals surface area (Å²) in [5.74, 6) is 6.42. The van der Waals surface area contributed by atoms with Crippen LogP contribution in [-0.4, -0.2) is 19.1 Å². The third-order valence-electron chi connectivity index (χ3n) is 0. The molecule has 0 radical (unpaired) electrons. The molecule has 2 nitrogen and oxygen atoms in total. The molecular weight excluding hydrogens is 59.0 g/mol. The van der Waals surface area contributed by atoms with Crippen LogP contribution in [-0.2, 0) is 0 Å². The molecule has 0 aromatic heterocycles. The van der Waals surface area contributed by atoms with Gasteiger partial charge in [-0.05, 0) is 14.1 Å². The molecule has 3 heteroatoms. The molecular formula is C2H7LiN2.